The van der Waals surface area contributed by atoms with Gasteiger partial charge in [-0.1, -0.05) is 109 Å². The van der Waals surface area contributed by atoms with Crippen molar-refractivity contribution >= 4 is 5.71 Å². The minimum atomic E-state index is 0.162. The van der Waals surface area contributed by atoms with Crippen molar-refractivity contribution in [3.8, 4) is 11.4 Å². The van der Waals surface area contributed by atoms with Gasteiger partial charge in [0.15, 0.2) is 5.82 Å². The van der Waals surface area contributed by atoms with Crippen molar-refractivity contribution in [3.05, 3.63) is 149 Å². The predicted molar refractivity (Wildman–Crippen MR) is 223 cm³/mol. The summed E-state index contributed by atoms with van der Waals surface area (Å²) >= 11 is 0. The molecular weight excluding hydrogens is 657 g/mol. The number of nitrogens with zero attached hydrogens (tertiary/aromatic N) is 4. The number of hydrogen-bond acceptors (Lipinski definition) is 4. The van der Waals surface area contributed by atoms with E-state index in [4.69, 9.17) is 19.9 Å². The molecule has 4 heteroatoms. The summed E-state index contributed by atoms with van der Waals surface area (Å²) in [4.78, 5) is 21.1. The van der Waals surface area contributed by atoms with Crippen LogP contribution in [0.25, 0.3) is 11.4 Å². The lowest BCUT2D eigenvalue weighted by Crippen LogP contribution is -2.30. The van der Waals surface area contributed by atoms with Crippen LogP contribution in [-0.2, 0) is 0 Å². The standard InChI is InChI=1S/C50H56N4/c1-5-13-35(14-6-1)37-21-27-42(28-22-37)48-52-49(43-29-23-38(24-30-43)36-15-7-2-8-16-36)54-50(53-48)44-31-25-41(26-32-44)47-33-45(39-17-9-3-10-18-39)46(34-51-47)40-19-11-4-12-20-40/h1-2,5-9,13,15,17,19,21-24,27-29,34-36,39,41,43-45H,3-4,10-12,14,16,18,20,25-26,30-33H2. The smallest absolute Gasteiger partial charge is 0.163 e. The minimum Gasteiger partial charge on any atom is -0.265 e. The summed E-state index contributed by atoms with van der Waals surface area (Å²) in [5.74, 6) is 5.93. The lowest BCUT2D eigenvalue weighted by molar-refractivity contribution is 0.362. The van der Waals surface area contributed by atoms with E-state index in [-0.39, 0.29) is 5.92 Å². The molecule has 2 heterocycles. The van der Waals surface area contributed by atoms with E-state index < -0.39 is 0 Å². The maximum absolute atomic E-state index is 5.31. The molecule has 9 rings (SSSR count). The molecule has 0 radical (unpaired) electrons. The quantitative estimate of drug-likeness (QED) is 0.256. The number of allylic oxidation sites excluding steroid dienone is 17. The van der Waals surface area contributed by atoms with Gasteiger partial charge in [-0.3, -0.25) is 4.99 Å². The summed E-state index contributed by atoms with van der Waals surface area (Å²) in [6, 6.07) is 8.99. The fraction of sp³-hybridized carbons (Fsp3) is 0.440. The van der Waals surface area contributed by atoms with Crippen molar-refractivity contribution < 1.29 is 0 Å². The maximum Gasteiger partial charge on any atom is 0.163 e. The maximum atomic E-state index is 5.31. The lowest BCUT2D eigenvalue weighted by atomic mass is 9.70. The molecule has 1 aromatic heterocycles. The first-order valence-electron chi connectivity index (χ1n) is 21.3. The Morgan fingerprint density at radius 2 is 1.39 bits per heavy atom. The SMILES string of the molecule is C1=CCC(C2=CCC(c3nc(-c4ccc(C5C=CC=CC5)cc4)nc(C4CCC(C5=NC=C(C6=CCCCC6)C(C6C=CCCC6)C5)CC4)n3)C=C2)C=C1. The van der Waals surface area contributed by atoms with Gasteiger partial charge in [0, 0.05) is 41.1 Å². The Bertz CT molecular complexity index is 1990. The summed E-state index contributed by atoms with van der Waals surface area (Å²) in [7, 11) is 0. The van der Waals surface area contributed by atoms with Crippen LogP contribution in [0.4, 0.5) is 0 Å². The molecule has 6 aliphatic carbocycles. The molecule has 5 atom stereocenters. The van der Waals surface area contributed by atoms with Crippen molar-refractivity contribution in [1.82, 2.24) is 15.0 Å². The molecule has 1 saturated carbocycles. The van der Waals surface area contributed by atoms with Crippen molar-refractivity contribution in [2.24, 2.45) is 28.7 Å². The van der Waals surface area contributed by atoms with Crippen molar-refractivity contribution in [1.29, 1.82) is 0 Å². The molecule has 0 N–H and O–H groups in total. The van der Waals surface area contributed by atoms with E-state index in [9.17, 15) is 0 Å². The largest absolute Gasteiger partial charge is 0.265 e. The zero-order valence-electron chi connectivity index (χ0n) is 31.9. The third-order valence-corrected chi connectivity index (χ3v) is 13.3. The van der Waals surface area contributed by atoms with Gasteiger partial charge in [0.1, 0.15) is 11.6 Å². The highest BCUT2D eigenvalue weighted by atomic mass is 15.0. The van der Waals surface area contributed by atoms with Crippen LogP contribution in [0, 0.1) is 23.7 Å². The summed E-state index contributed by atoms with van der Waals surface area (Å²) in [5.41, 5.74) is 8.44. The third-order valence-electron chi connectivity index (χ3n) is 13.3. The van der Waals surface area contributed by atoms with Crippen LogP contribution in [0.3, 0.4) is 0 Å². The molecule has 1 aromatic carbocycles. The Morgan fingerprint density at radius 3 is 2.09 bits per heavy atom. The molecule has 0 spiro atoms. The monoisotopic (exact) mass is 712 g/mol. The van der Waals surface area contributed by atoms with E-state index >= 15 is 0 Å². The average Bonchev–Trinajstić information content (AvgIpc) is 3.27. The van der Waals surface area contributed by atoms with Gasteiger partial charge in [0.05, 0.1) is 0 Å². The van der Waals surface area contributed by atoms with Gasteiger partial charge >= 0.3 is 0 Å². The Balaban J connectivity index is 0.950. The molecule has 276 valence electrons. The lowest BCUT2D eigenvalue weighted by Gasteiger charge is -2.36. The van der Waals surface area contributed by atoms with Crippen LogP contribution in [0.15, 0.2) is 137 Å². The first kappa shape index (κ1) is 35.3. The number of benzene rings is 1. The second-order valence-corrected chi connectivity index (χ2v) is 16.8. The first-order valence-corrected chi connectivity index (χ1v) is 21.3. The van der Waals surface area contributed by atoms with E-state index in [0.717, 1.165) is 74.4 Å². The number of rotatable bonds is 8. The van der Waals surface area contributed by atoms with Gasteiger partial charge in [-0.05, 0) is 136 Å². The summed E-state index contributed by atoms with van der Waals surface area (Å²) in [6.45, 7) is 0. The van der Waals surface area contributed by atoms with Crippen LogP contribution in [0.1, 0.15) is 131 Å². The number of aromatic nitrogens is 3. The van der Waals surface area contributed by atoms with Crippen LogP contribution < -0.4 is 0 Å². The molecule has 5 unspecified atom stereocenters. The first-order chi connectivity index (χ1) is 26.7. The molecule has 0 saturated heterocycles. The van der Waals surface area contributed by atoms with E-state index in [2.05, 4.69) is 116 Å². The zero-order chi connectivity index (χ0) is 36.1. The fourth-order valence-corrected chi connectivity index (χ4v) is 10.1. The van der Waals surface area contributed by atoms with Gasteiger partial charge in [0.25, 0.3) is 0 Å². The third kappa shape index (κ3) is 7.86. The minimum absolute atomic E-state index is 0.162. The topological polar surface area (TPSA) is 51.0 Å². The molecule has 2 aromatic rings. The van der Waals surface area contributed by atoms with Crippen molar-refractivity contribution in [2.75, 3.05) is 0 Å². The van der Waals surface area contributed by atoms with E-state index in [1.54, 1.807) is 11.1 Å². The Labute approximate surface area is 323 Å². The highest BCUT2D eigenvalue weighted by molar-refractivity contribution is 5.89. The summed E-state index contributed by atoms with van der Waals surface area (Å²) in [6.07, 6.45) is 52.4. The molecule has 0 bridgehead atoms. The summed E-state index contributed by atoms with van der Waals surface area (Å²) in [5, 5.41) is 0. The second-order valence-electron chi connectivity index (χ2n) is 16.8. The van der Waals surface area contributed by atoms with Gasteiger partial charge in [-0.2, -0.15) is 0 Å². The number of hydrogen-bond donors (Lipinski definition) is 0. The molecule has 1 fully saturated rings. The van der Waals surface area contributed by atoms with Crippen LogP contribution in [0.5, 0.6) is 0 Å². The molecule has 0 amide bonds. The van der Waals surface area contributed by atoms with Crippen molar-refractivity contribution in [3.63, 3.8) is 0 Å². The van der Waals surface area contributed by atoms with E-state index in [1.807, 2.05) is 0 Å². The van der Waals surface area contributed by atoms with Crippen LogP contribution in [-0.4, -0.2) is 20.7 Å². The molecule has 4 nitrogen and oxygen atoms in total. The number of aliphatic imine (C=N–C) groups is 1. The van der Waals surface area contributed by atoms with E-state index in [1.165, 1.54) is 61.8 Å². The Morgan fingerprint density at radius 1 is 0.593 bits per heavy atom. The molecular formula is C50H56N4. The van der Waals surface area contributed by atoms with E-state index in [0.29, 0.717) is 35.5 Å². The van der Waals surface area contributed by atoms with Crippen LogP contribution >= 0.6 is 0 Å². The second kappa shape index (κ2) is 16.5. The van der Waals surface area contributed by atoms with Gasteiger partial charge in [0.2, 0.25) is 0 Å². The zero-order valence-corrected chi connectivity index (χ0v) is 31.9. The van der Waals surface area contributed by atoms with Gasteiger partial charge in [-0.25, -0.2) is 15.0 Å². The highest BCUT2D eigenvalue weighted by Gasteiger charge is 2.35. The Kier molecular flexibility index (Phi) is 10.8. The van der Waals surface area contributed by atoms with Gasteiger partial charge < -0.3 is 0 Å². The average molecular weight is 713 g/mol. The molecule has 7 aliphatic rings. The van der Waals surface area contributed by atoms with Crippen LogP contribution in [0.2, 0.25) is 0 Å². The summed E-state index contributed by atoms with van der Waals surface area (Å²) < 4.78 is 0. The van der Waals surface area contributed by atoms with Gasteiger partial charge in [-0.15, -0.1) is 0 Å². The predicted octanol–water partition coefficient (Wildman–Crippen LogP) is 12.7. The highest BCUT2D eigenvalue weighted by Crippen LogP contribution is 2.44. The Hall–Kier alpha value is -4.44. The molecule has 54 heavy (non-hydrogen) atoms. The fourth-order valence-electron chi connectivity index (χ4n) is 10.1. The normalized spacial score (nSPS) is 30.8. The molecule has 1 aliphatic heterocycles. The van der Waals surface area contributed by atoms with Crippen molar-refractivity contribution in [2.45, 2.75) is 114 Å².